The average molecular weight is 188 g/mol. The summed E-state index contributed by atoms with van der Waals surface area (Å²) >= 11 is 0. The second kappa shape index (κ2) is 6.35. The first kappa shape index (κ1) is 12.9. The van der Waals surface area contributed by atoms with E-state index in [2.05, 4.69) is 6.92 Å². The van der Waals surface area contributed by atoms with Gasteiger partial charge < -0.3 is 16.6 Å². The van der Waals surface area contributed by atoms with Crippen LogP contribution < -0.4 is 11.5 Å². The fourth-order valence-corrected chi connectivity index (χ4v) is 1.40. The first-order valence-electron chi connectivity index (χ1n) is 5.31. The van der Waals surface area contributed by atoms with E-state index < -0.39 is 5.72 Å². The van der Waals surface area contributed by atoms with Crippen LogP contribution in [0.5, 0.6) is 0 Å². The molecule has 0 amide bonds. The minimum atomic E-state index is -1.16. The Morgan fingerprint density at radius 1 is 1.23 bits per heavy atom. The molecule has 0 aromatic rings. The predicted molar refractivity (Wildman–Crippen MR) is 56.2 cm³/mol. The van der Waals surface area contributed by atoms with E-state index in [4.69, 9.17) is 11.5 Å². The Hall–Kier alpha value is -0.120. The Balaban J connectivity index is 3.76. The van der Waals surface area contributed by atoms with Crippen LogP contribution in [0.3, 0.4) is 0 Å². The number of rotatable bonds is 7. The van der Waals surface area contributed by atoms with Gasteiger partial charge in [0.05, 0.1) is 0 Å². The summed E-state index contributed by atoms with van der Waals surface area (Å²) in [6, 6.07) is -0.283. The van der Waals surface area contributed by atoms with Crippen molar-refractivity contribution in [3.05, 3.63) is 0 Å². The van der Waals surface area contributed by atoms with Crippen molar-refractivity contribution < 1.29 is 5.11 Å². The topological polar surface area (TPSA) is 72.3 Å². The molecular formula is C10H24N2O. The molecule has 0 aliphatic carbocycles. The van der Waals surface area contributed by atoms with Gasteiger partial charge in [-0.05, 0) is 19.3 Å². The van der Waals surface area contributed by atoms with Gasteiger partial charge in [0.15, 0.2) is 0 Å². The van der Waals surface area contributed by atoms with Gasteiger partial charge in [0.2, 0.25) is 0 Å². The van der Waals surface area contributed by atoms with Gasteiger partial charge in [-0.2, -0.15) is 0 Å². The molecule has 0 bridgehead atoms. The van der Waals surface area contributed by atoms with Gasteiger partial charge >= 0.3 is 0 Å². The maximum absolute atomic E-state index is 9.79. The van der Waals surface area contributed by atoms with E-state index in [1.807, 2.05) is 6.92 Å². The van der Waals surface area contributed by atoms with Gasteiger partial charge in [-0.3, -0.25) is 0 Å². The van der Waals surface area contributed by atoms with Crippen LogP contribution in [-0.4, -0.2) is 16.9 Å². The van der Waals surface area contributed by atoms with E-state index in [1.54, 1.807) is 0 Å². The molecule has 0 aliphatic rings. The molecule has 0 saturated heterocycles. The quantitative estimate of drug-likeness (QED) is 0.417. The van der Waals surface area contributed by atoms with Crippen LogP contribution in [0.15, 0.2) is 0 Å². The summed E-state index contributed by atoms with van der Waals surface area (Å²) in [5.41, 5.74) is 10.3. The van der Waals surface area contributed by atoms with Crippen molar-refractivity contribution in [2.45, 2.75) is 64.1 Å². The zero-order valence-corrected chi connectivity index (χ0v) is 8.92. The second-order valence-electron chi connectivity index (χ2n) is 3.84. The lowest BCUT2D eigenvalue weighted by molar-refractivity contribution is 0.00681. The lowest BCUT2D eigenvalue weighted by Crippen LogP contribution is -2.55. The maximum atomic E-state index is 9.79. The molecule has 5 N–H and O–H groups in total. The molecule has 80 valence electrons. The van der Waals surface area contributed by atoms with Crippen molar-refractivity contribution >= 4 is 0 Å². The largest absolute Gasteiger partial charge is 0.374 e. The van der Waals surface area contributed by atoms with Crippen LogP contribution >= 0.6 is 0 Å². The molecule has 3 heteroatoms. The van der Waals surface area contributed by atoms with Crippen LogP contribution in [0.2, 0.25) is 0 Å². The summed E-state index contributed by atoms with van der Waals surface area (Å²) in [5.74, 6) is 0. The summed E-state index contributed by atoms with van der Waals surface area (Å²) in [5, 5.41) is 9.79. The van der Waals surface area contributed by atoms with E-state index >= 15 is 0 Å². The molecule has 0 fully saturated rings. The lowest BCUT2D eigenvalue weighted by atomic mass is 9.95. The highest BCUT2D eigenvalue weighted by atomic mass is 16.3. The summed E-state index contributed by atoms with van der Waals surface area (Å²) in [4.78, 5) is 0. The van der Waals surface area contributed by atoms with Gasteiger partial charge in [0.1, 0.15) is 5.72 Å². The third-order valence-electron chi connectivity index (χ3n) is 2.42. The van der Waals surface area contributed by atoms with Crippen molar-refractivity contribution in [1.82, 2.24) is 0 Å². The molecule has 0 heterocycles. The van der Waals surface area contributed by atoms with E-state index in [-0.39, 0.29) is 6.04 Å². The fraction of sp³-hybridized carbons (Fsp3) is 1.00. The first-order chi connectivity index (χ1) is 6.04. The van der Waals surface area contributed by atoms with Crippen molar-refractivity contribution in [1.29, 1.82) is 0 Å². The Morgan fingerprint density at radius 3 is 2.31 bits per heavy atom. The number of hydrogen-bond acceptors (Lipinski definition) is 3. The third kappa shape index (κ3) is 5.24. The Morgan fingerprint density at radius 2 is 1.85 bits per heavy atom. The second-order valence-corrected chi connectivity index (χ2v) is 3.84. The molecule has 3 nitrogen and oxygen atoms in total. The SMILES string of the molecule is CCCCCC(N)(O)C(N)CCC. The summed E-state index contributed by atoms with van der Waals surface area (Å²) < 4.78 is 0. The molecule has 0 radical (unpaired) electrons. The molecule has 0 saturated carbocycles. The maximum Gasteiger partial charge on any atom is 0.128 e. The third-order valence-corrected chi connectivity index (χ3v) is 2.42. The highest BCUT2D eigenvalue weighted by molar-refractivity contribution is 4.83. The minimum Gasteiger partial charge on any atom is -0.374 e. The van der Waals surface area contributed by atoms with Gasteiger partial charge in [0.25, 0.3) is 0 Å². The summed E-state index contributed by atoms with van der Waals surface area (Å²) in [6.07, 6.45) is 5.58. The molecule has 0 aromatic heterocycles. The molecule has 0 spiro atoms. The molecule has 13 heavy (non-hydrogen) atoms. The fourth-order valence-electron chi connectivity index (χ4n) is 1.40. The first-order valence-corrected chi connectivity index (χ1v) is 5.31. The highest BCUT2D eigenvalue weighted by Gasteiger charge is 2.27. The summed E-state index contributed by atoms with van der Waals surface area (Å²) in [6.45, 7) is 4.17. The van der Waals surface area contributed by atoms with Crippen molar-refractivity contribution in [3.8, 4) is 0 Å². The Kier molecular flexibility index (Phi) is 6.29. The van der Waals surface area contributed by atoms with Crippen LogP contribution in [0.4, 0.5) is 0 Å². The van der Waals surface area contributed by atoms with Gasteiger partial charge in [-0.25, -0.2) is 0 Å². The Bertz CT molecular complexity index is 126. The molecular weight excluding hydrogens is 164 g/mol. The summed E-state index contributed by atoms with van der Waals surface area (Å²) in [7, 11) is 0. The number of hydrogen-bond donors (Lipinski definition) is 3. The van der Waals surface area contributed by atoms with Crippen molar-refractivity contribution in [2.75, 3.05) is 0 Å². The smallest absolute Gasteiger partial charge is 0.128 e. The van der Waals surface area contributed by atoms with Gasteiger partial charge in [-0.1, -0.05) is 33.1 Å². The van der Waals surface area contributed by atoms with E-state index in [0.717, 1.165) is 32.1 Å². The van der Waals surface area contributed by atoms with Gasteiger partial charge in [-0.15, -0.1) is 0 Å². The van der Waals surface area contributed by atoms with Crippen LogP contribution in [0.1, 0.15) is 52.4 Å². The minimum absolute atomic E-state index is 0.283. The van der Waals surface area contributed by atoms with Crippen LogP contribution in [-0.2, 0) is 0 Å². The van der Waals surface area contributed by atoms with Crippen molar-refractivity contribution in [2.24, 2.45) is 11.5 Å². The molecule has 0 aromatic carbocycles. The highest BCUT2D eigenvalue weighted by Crippen LogP contribution is 2.15. The zero-order chi connectivity index (χ0) is 10.3. The molecule has 2 unspecified atom stereocenters. The number of aliphatic hydroxyl groups is 1. The van der Waals surface area contributed by atoms with Crippen molar-refractivity contribution in [3.63, 3.8) is 0 Å². The van der Waals surface area contributed by atoms with E-state index in [1.165, 1.54) is 0 Å². The zero-order valence-electron chi connectivity index (χ0n) is 8.92. The monoisotopic (exact) mass is 188 g/mol. The molecule has 2 atom stereocenters. The van der Waals surface area contributed by atoms with E-state index in [9.17, 15) is 5.11 Å². The van der Waals surface area contributed by atoms with E-state index in [0.29, 0.717) is 6.42 Å². The van der Waals surface area contributed by atoms with Gasteiger partial charge in [0, 0.05) is 6.04 Å². The number of nitrogens with two attached hydrogens (primary N) is 2. The molecule has 0 rings (SSSR count). The standard InChI is InChI=1S/C10H24N2O/c1-3-5-6-8-10(12,13)9(11)7-4-2/h9,13H,3-8,11-12H2,1-2H3. The Labute approximate surface area is 81.5 Å². The predicted octanol–water partition coefficient (Wildman–Crippen LogP) is 1.34. The van der Waals surface area contributed by atoms with Crippen LogP contribution in [0, 0.1) is 0 Å². The average Bonchev–Trinajstić information content (AvgIpc) is 2.05. The van der Waals surface area contributed by atoms with Crippen LogP contribution in [0.25, 0.3) is 0 Å². The normalized spacial score (nSPS) is 18.2. The lowest BCUT2D eigenvalue weighted by Gasteiger charge is -2.29. The molecule has 0 aliphatic heterocycles. The number of unbranched alkanes of at least 4 members (excludes halogenated alkanes) is 2.